The number of thiophene rings is 1. The number of nitrogens with two attached hydrogens (primary N) is 1. The van der Waals surface area contributed by atoms with Gasteiger partial charge in [-0.3, -0.25) is 4.79 Å². The van der Waals surface area contributed by atoms with E-state index in [1.807, 2.05) is 11.0 Å². The summed E-state index contributed by atoms with van der Waals surface area (Å²) in [6.07, 6.45) is 4.43. The highest BCUT2D eigenvalue weighted by Gasteiger charge is 2.29. The number of rotatable bonds is 4. The molecule has 0 atom stereocenters. The van der Waals surface area contributed by atoms with E-state index >= 15 is 0 Å². The summed E-state index contributed by atoms with van der Waals surface area (Å²) in [6, 6.07) is 2.12. The molecule has 2 rings (SSSR count). The Labute approximate surface area is 138 Å². The molecule has 0 spiro atoms. The van der Waals surface area contributed by atoms with Gasteiger partial charge in [0.25, 0.3) is 5.91 Å². The van der Waals surface area contributed by atoms with Gasteiger partial charge in [0.2, 0.25) is 0 Å². The Kier molecular flexibility index (Phi) is 5.39. The Morgan fingerprint density at radius 2 is 2.11 bits per heavy atom. The summed E-state index contributed by atoms with van der Waals surface area (Å²) in [5.41, 5.74) is 5.63. The lowest BCUT2D eigenvalue weighted by Gasteiger charge is -2.28. The van der Waals surface area contributed by atoms with Crippen molar-refractivity contribution in [3.8, 4) is 0 Å². The fourth-order valence-electron chi connectivity index (χ4n) is 2.34. The van der Waals surface area contributed by atoms with Crippen LogP contribution in [-0.2, 0) is 0 Å². The summed E-state index contributed by atoms with van der Waals surface area (Å²) < 4.78 is 1.83. The second-order valence-corrected chi connectivity index (χ2v) is 8.32. The van der Waals surface area contributed by atoms with Crippen LogP contribution in [-0.4, -0.2) is 28.4 Å². The number of hydrogen-bond donors (Lipinski definition) is 1. The first kappa shape index (κ1) is 15.4. The number of carbonyl (C=O) groups is 1. The normalized spacial score (nSPS) is 15.7. The molecule has 0 radical (unpaired) electrons. The molecule has 0 saturated heterocycles. The third-order valence-electron chi connectivity index (χ3n) is 3.21. The van der Waals surface area contributed by atoms with Crippen molar-refractivity contribution < 1.29 is 4.79 Å². The van der Waals surface area contributed by atoms with E-state index in [0.717, 1.165) is 21.1 Å². The summed E-state index contributed by atoms with van der Waals surface area (Å²) in [5, 5.41) is 0. The lowest BCUT2D eigenvalue weighted by atomic mass is 10.2. The van der Waals surface area contributed by atoms with Crippen LogP contribution in [0.5, 0.6) is 0 Å². The monoisotopic (exact) mass is 424 g/mol. The zero-order valence-corrected chi connectivity index (χ0v) is 15.0. The van der Waals surface area contributed by atoms with E-state index in [2.05, 4.69) is 31.9 Å². The van der Waals surface area contributed by atoms with Crippen molar-refractivity contribution in [2.75, 3.05) is 6.54 Å². The van der Waals surface area contributed by atoms with Gasteiger partial charge in [0.15, 0.2) is 0 Å². The molecule has 1 aliphatic rings. The van der Waals surface area contributed by atoms with Gasteiger partial charge < -0.3 is 10.6 Å². The smallest absolute Gasteiger partial charge is 0.264 e. The molecule has 1 aromatic heterocycles. The molecule has 1 fully saturated rings. The largest absolute Gasteiger partial charge is 0.392 e. The van der Waals surface area contributed by atoms with E-state index in [1.54, 1.807) is 0 Å². The number of nitrogens with zero attached hydrogens (tertiary/aromatic N) is 1. The molecule has 1 aromatic rings. The van der Waals surface area contributed by atoms with Gasteiger partial charge in [-0.25, -0.2) is 0 Å². The highest BCUT2D eigenvalue weighted by Crippen LogP contribution is 2.34. The van der Waals surface area contributed by atoms with Gasteiger partial charge in [-0.05, 0) is 50.8 Å². The SMILES string of the molecule is NC(=S)CN(C(=O)c1cc(Br)c(Br)s1)C1CCCC1. The highest BCUT2D eigenvalue weighted by molar-refractivity contribution is 9.13. The highest BCUT2D eigenvalue weighted by atomic mass is 79.9. The molecule has 2 N–H and O–H groups in total. The first-order valence-electron chi connectivity index (χ1n) is 6.03. The Bertz CT molecular complexity index is 478. The molecule has 1 aliphatic carbocycles. The first-order chi connectivity index (χ1) is 8.99. The van der Waals surface area contributed by atoms with E-state index < -0.39 is 0 Å². The van der Waals surface area contributed by atoms with Crippen LogP contribution < -0.4 is 5.73 Å². The lowest BCUT2D eigenvalue weighted by molar-refractivity contribution is 0.0719. The van der Waals surface area contributed by atoms with Crippen LogP contribution >= 0.6 is 55.4 Å². The van der Waals surface area contributed by atoms with Crippen LogP contribution in [0, 0.1) is 0 Å². The van der Waals surface area contributed by atoms with Gasteiger partial charge in [-0.2, -0.15) is 0 Å². The third-order valence-corrected chi connectivity index (χ3v) is 6.58. The Balaban J connectivity index is 2.21. The molecule has 0 unspecified atom stereocenters. The predicted molar refractivity (Wildman–Crippen MR) is 89.8 cm³/mol. The van der Waals surface area contributed by atoms with E-state index in [-0.39, 0.29) is 11.9 Å². The molecular weight excluding hydrogens is 412 g/mol. The van der Waals surface area contributed by atoms with Crippen molar-refractivity contribution in [2.24, 2.45) is 5.73 Å². The number of amides is 1. The fraction of sp³-hybridized carbons (Fsp3) is 0.500. The molecule has 0 aromatic carbocycles. The molecule has 1 saturated carbocycles. The lowest BCUT2D eigenvalue weighted by Crippen LogP contribution is -2.43. The van der Waals surface area contributed by atoms with Gasteiger partial charge in [0.1, 0.15) is 0 Å². The molecule has 0 aliphatic heterocycles. The summed E-state index contributed by atoms with van der Waals surface area (Å²) in [6.45, 7) is 0.367. The van der Waals surface area contributed by atoms with Crippen molar-refractivity contribution in [1.29, 1.82) is 0 Å². The molecule has 3 nitrogen and oxygen atoms in total. The van der Waals surface area contributed by atoms with Gasteiger partial charge in [-0.15, -0.1) is 11.3 Å². The maximum Gasteiger partial charge on any atom is 0.264 e. The van der Waals surface area contributed by atoms with Crippen molar-refractivity contribution in [3.63, 3.8) is 0 Å². The average molecular weight is 426 g/mol. The van der Waals surface area contributed by atoms with Crippen molar-refractivity contribution >= 4 is 66.3 Å². The second kappa shape index (κ2) is 6.65. The van der Waals surface area contributed by atoms with Gasteiger partial charge in [0.05, 0.1) is 20.2 Å². The minimum Gasteiger partial charge on any atom is -0.392 e. The van der Waals surface area contributed by atoms with Crippen LogP contribution in [0.25, 0.3) is 0 Å². The molecule has 104 valence electrons. The Morgan fingerprint density at radius 1 is 1.47 bits per heavy atom. The van der Waals surface area contributed by atoms with E-state index in [9.17, 15) is 4.79 Å². The summed E-state index contributed by atoms with van der Waals surface area (Å²) in [5.74, 6) is 0.0242. The topological polar surface area (TPSA) is 46.3 Å². The molecule has 1 amide bonds. The van der Waals surface area contributed by atoms with Crippen LogP contribution in [0.3, 0.4) is 0 Å². The fourth-order valence-corrected chi connectivity index (χ4v) is 4.47. The third kappa shape index (κ3) is 3.77. The van der Waals surface area contributed by atoms with Crippen molar-refractivity contribution in [2.45, 2.75) is 31.7 Å². The van der Waals surface area contributed by atoms with Crippen LogP contribution in [0.4, 0.5) is 0 Å². The maximum absolute atomic E-state index is 12.6. The van der Waals surface area contributed by atoms with Gasteiger partial charge >= 0.3 is 0 Å². The summed E-state index contributed by atoms with van der Waals surface area (Å²) >= 11 is 13.2. The Hall–Kier alpha value is 0.0200. The maximum atomic E-state index is 12.6. The molecule has 1 heterocycles. The second-order valence-electron chi connectivity index (χ2n) is 4.57. The summed E-state index contributed by atoms with van der Waals surface area (Å²) in [7, 11) is 0. The van der Waals surface area contributed by atoms with Crippen LogP contribution in [0.2, 0.25) is 0 Å². The minimum absolute atomic E-state index is 0.0242. The summed E-state index contributed by atoms with van der Waals surface area (Å²) in [4.78, 5) is 15.5. The van der Waals surface area contributed by atoms with E-state index in [4.69, 9.17) is 18.0 Å². The van der Waals surface area contributed by atoms with Crippen molar-refractivity contribution in [1.82, 2.24) is 4.90 Å². The molecule has 0 bridgehead atoms. The number of halogens is 2. The molecule has 19 heavy (non-hydrogen) atoms. The minimum atomic E-state index is 0.0242. The van der Waals surface area contributed by atoms with Gasteiger partial charge in [0, 0.05) is 10.5 Å². The molecule has 7 heteroatoms. The number of carbonyl (C=O) groups excluding carboxylic acids is 1. The predicted octanol–water partition coefficient (Wildman–Crippen LogP) is 3.94. The van der Waals surface area contributed by atoms with E-state index in [1.165, 1.54) is 24.2 Å². The molecular formula is C12H14Br2N2OS2. The first-order valence-corrected chi connectivity index (χ1v) is 8.84. The van der Waals surface area contributed by atoms with Crippen LogP contribution in [0.15, 0.2) is 14.3 Å². The zero-order chi connectivity index (χ0) is 14.0. The van der Waals surface area contributed by atoms with Crippen molar-refractivity contribution in [3.05, 3.63) is 19.2 Å². The number of thiocarbonyl (C=S) groups is 1. The Morgan fingerprint density at radius 3 is 2.58 bits per heavy atom. The van der Waals surface area contributed by atoms with Crippen LogP contribution in [0.1, 0.15) is 35.4 Å². The quantitative estimate of drug-likeness (QED) is 0.743. The van der Waals surface area contributed by atoms with Gasteiger partial charge in [-0.1, -0.05) is 25.1 Å². The average Bonchev–Trinajstić information content (AvgIpc) is 2.96. The zero-order valence-electron chi connectivity index (χ0n) is 10.2. The standard InChI is InChI=1S/C12H14Br2N2OS2/c13-8-5-9(19-11(8)14)12(17)16(6-10(15)18)7-3-1-2-4-7/h5,7H,1-4,6H2,(H2,15,18). The van der Waals surface area contributed by atoms with E-state index in [0.29, 0.717) is 16.4 Å². The number of hydrogen-bond acceptors (Lipinski definition) is 3.